The Morgan fingerprint density at radius 2 is 0.902 bits per heavy atom. The van der Waals surface area contributed by atoms with Gasteiger partial charge in [0.15, 0.2) is 0 Å². The molecule has 11 rings (SSSR count). The quantitative estimate of drug-likeness (QED) is 0.186. The molecule has 0 aliphatic heterocycles. The monoisotopic (exact) mass is 650 g/mol. The molecule has 0 aliphatic carbocycles. The molecule has 8 aromatic carbocycles. The first-order valence-electron chi connectivity index (χ1n) is 17.4. The molecule has 51 heavy (non-hydrogen) atoms. The summed E-state index contributed by atoms with van der Waals surface area (Å²) in [6, 6.07) is 65.4. The number of benzene rings is 8. The Bertz CT molecular complexity index is 3110. The Balaban J connectivity index is 1.16. The molecule has 0 bridgehead atoms. The van der Waals surface area contributed by atoms with E-state index in [1.165, 1.54) is 54.4 Å². The van der Waals surface area contributed by atoms with Crippen molar-refractivity contribution in [1.82, 2.24) is 18.7 Å². The van der Waals surface area contributed by atoms with Gasteiger partial charge in [-0.1, -0.05) is 97.1 Å². The second-order valence-electron chi connectivity index (χ2n) is 13.2. The highest BCUT2D eigenvalue weighted by molar-refractivity contribution is 6.22. The van der Waals surface area contributed by atoms with Gasteiger partial charge in [-0.25, -0.2) is 4.98 Å². The van der Waals surface area contributed by atoms with Gasteiger partial charge in [0.05, 0.1) is 33.1 Å². The zero-order chi connectivity index (χ0) is 33.5. The molecule has 0 fully saturated rings. The van der Waals surface area contributed by atoms with Crippen molar-refractivity contribution < 1.29 is 0 Å². The van der Waals surface area contributed by atoms with E-state index >= 15 is 0 Å². The van der Waals surface area contributed by atoms with E-state index < -0.39 is 0 Å². The van der Waals surface area contributed by atoms with Gasteiger partial charge in [0.25, 0.3) is 0 Å². The van der Waals surface area contributed by atoms with Gasteiger partial charge in [0, 0.05) is 49.6 Å². The van der Waals surface area contributed by atoms with E-state index in [1.54, 1.807) is 0 Å². The van der Waals surface area contributed by atoms with Gasteiger partial charge in [-0.05, 0) is 90.3 Å². The standard InChI is InChI=1S/C47H30N4/c1-3-13-33(14-4-1)50-43-21-11-7-17-36(43)38-28-25-32-29-40-37-18-8-10-20-42(37)49(45(40)30-39(32)46(38)50)35-26-23-31(24-27-35)47-48-41-19-9-12-22-44(41)51(47)34-15-5-2-6-16-34/h1-30H. The van der Waals surface area contributed by atoms with Crippen LogP contribution in [0.1, 0.15) is 0 Å². The number of rotatable bonds is 4. The second-order valence-corrected chi connectivity index (χ2v) is 13.2. The van der Waals surface area contributed by atoms with Crippen LogP contribution in [0.3, 0.4) is 0 Å². The molecule has 0 aliphatic rings. The number of hydrogen-bond acceptors (Lipinski definition) is 1. The minimum absolute atomic E-state index is 0.929. The summed E-state index contributed by atoms with van der Waals surface area (Å²) >= 11 is 0. The van der Waals surface area contributed by atoms with Gasteiger partial charge in [0.2, 0.25) is 0 Å². The molecule has 3 aromatic heterocycles. The van der Waals surface area contributed by atoms with Crippen molar-refractivity contribution in [2.75, 3.05) is 0 Å². The van der Waals surface area contributed by atoms with E-state index in [9.17, 15) is 0 Å². The summed E-state index contributed by atoms with van der Waals surface area (Å²) in [7, 11) is 0. The second kappa shape index (κ2) is 10.8. The van der Waals surface area contributed by atoms with Crippen molar-refractivity contribution in [3.63, 3.8) is 0 Å². The largest absolute Gasteiger partial charge is 0.309 e. The molecule has 0 spiro atoms. The lowest BCUT2D eigenvalue weighted by atomic mass is 10.0. The van der Waals surface area contributed by atoms with Gasteiger partial charge in [0.1, 0.15) is 5.82 Å². The average molecular weight is 651 g/mol. The third kappa shape index (κ3) is 4.11. The highest BCUT2D eigenvalue weighted by Gasteiger charge is 2.19. The number of nitrogens with zero attached hydrogens (tertiary/aromatic N) is 4. The maximum Gasteiger partial charge on any atom is 0.145 e. The summed E-state index contributed by atoms with van der Waals surface area (Å²) in [4.78, 5) is 5.12. The Hall–Kier alpha value is -6.91. The summed E-state index contributed by atoms with van der Waals surface area (Å²) < 4.78 is 7.11. The molecular formula is C47H30N4. The van der Waals surface area contributed by atoms with E-state index in [1.807, 2.05) is 0 Å². The van der Waals surface area contributed by atoms with Crippen molar-refractivity contribution in [3.8, 4) is 28.5 Å². The molecule has 11 aromatic rings. The lowest BCUT2D eigenvalue weighted by molar-refractivity contribution is 1.10. The van der Waals surface area contributed by atoms with Crippen molar-refractivity contribution in [2.24, 2.45) is 0 Å². The minimum atomic E-state index is 0.929. The first kappa shape index (κ1) is 28.0. The molecule has 0 amide bonds. The Kier molecular flexibility index (Phi) is 5.92. The molecule has 0 radical (unpaired) electrons. The van der Waals surface area contributed by atoms with Crippen LogP contribution in [0.5, 0.6) is 0 Å². The molecule has 0 saturated heterocycles. The maximum absolute atomic E-state index is 5.12. The van der Waals surface area contributed by atoms with E-state index in [-0.39, 0.29) is 0 Å². The van der Waals surface area contributed by atoms with Crippen LogP contribution >= 0.6 is 0 Å². The van der Waals surface area contributed by atoms with Crippen molar-refractivity contribution in [3.05, 3.63) is 182 Å². The molecule has 0 saturated carbocycles. The van der Waals surface area contributed by atoms with Gasteiger partial charge < -0.3 is 9.13 Å². The summed E-state index contributed by atoms with van der Waals surface area (Å²) in [6.07, 6.45) is 0. The fraction of sp³-hybridized carbons (Fsp3) is 0. The molecule has 0 unspecified atom stereocenters. The number of imidazole rings is 1. The number of aromatic nitrogens is 4. The topological polar surface area (TPSA) is 27.7 Å². The molecule has 238 valence electrons. The lowest BCUT2D eigenvalue weighted by Crippen LogP contribution is -1.98. The van der Waals surface area contributed by atoms with Crippen LogP contribution in [-0.2, 0) is 0 Å². The minimum Gasteiger partial charge on any atom is -0.309 e. The average Bonchev–Trinajstić information content (AvgIpc) is 3.86. The fourth-order valence-corrected chi connectivity index (χ4v) is 8.19. The molecular weight excluding hydrogens is 621 g/mol. The van der Waals surface area contributed by atoms with Crippen molar-refractivity contribution >= 4 is 65.4 Å². The number of para-hydroxylation sites is 6. The van der Waals surface area contributed by atoms with E-state index in [0.717, 1.165) is 39.5 Å². The fourth-order valence-electron chi connectivity index (χ4n) is 8.19. The van der Waals surface area contributed by atoms with Gasteiger partial charge in [-0.3, -0.25) is 4.57 Å². The maximum atomic E-state index is 5.12. The summed E-state index contributed by atoms with van der Waals surface area (Å²) in [6.45, 7) is 0. The highest BCUT2D eigenvalue weighted by Crippen LogP contribution is 2.41. The van der Waals surface area contributed by atoms with E-state index in [0.29, 0.717) is 0 Å². The van der Waals surface area contributed by atoms with Crippen LogP contribution < -0.4 is 0 Å². The van der Waals surface area contributed by atoms with Gasteiger partial charge in [-0.15, -0.1) is 0 Å². The summed E-state index contributed by atoms with van der Waals surface area (Å²) in [5.41, 5.74) is 11.3. The van der Waals surface area contributed by atoms with Crippen LogP contribution in [0.15, 0.2) is 182 Å². The number of fused-ring (bicyclic) bond motifs is 9. The summed E-state index contributed by atoms with van der Waals surface area (Å²) in [5, 5.41) is 7.47. The zero-order valence-corrected chi connectivity index (χ0v) is 27.6. The predicted molar refractivity (Wildman–Crippen MR) is 213 cm³/mol. The van der Waals surface area contributed by atoms with Crippen LogP contribution in [0.2, 0.25) is 0 Å². The van der Waals surface area contributed by atoms with E-state index in [2.05, 4.69) is 196 Å². The molecule has 4 heteroatoms. The first-order valence-corrected chi connectivity index (χ1v) is 17.4. The molecule has 4 nitrogen and oxygen atoms in total. The Labute approximate surface area is 293 Å². The summed E-state index contributed by atoms with van der Waals surface area (Å²) in [5.74, 6) is 0.929. The smallest absolute Gasteiger partial charge is 0.145 e. The Morgan fingerprint density at radius 3 is 1.63 bits per heavy atom. The lowest BCUT2D eigenvalue weighted by Gasteiger charge is -2.13. The number of hydrogen-bond donors (Lipinski definition) is 0. The predicted octanol–water partition coefficient (Wildman–Crippen LogP) is 12.0. The van der Waals surface area contributed by atoms with Crippen molar-refractivity contribution in [2.45, 2.75) is 0 Å². The van der Waals surface area contributed by atoms with Crippen LogP contribution in [0.25, 0.3) is 93.9 Å². The van der Waals surface area contributed by atoms with Crippen LogP contribution in [0.4, 0.5) is 0 Å². The zero-order valence-electron chi connectivity index (χ0n) is 27.6. The molecule has 3 heterocycles. The third-order valence-corrected chi connectivity index (χ3v) is 10.4. The SMILES string of the molecule is c1ccc(-n2c(-c3ccc(-n4c5ccccc5c5cc6ccc7c8ccccc8n(-c8ccccc8)c7c6cc54)cc3)nc3ccccc32)cc1. The molecule has 0 atom stereocenters. The highest BCUT2D eigenvalue weighted by atomic mass is 15.1. The first-order chi connectivity index (χ1) is 25.3. The van der Waals surface area contributed by atoms with Gasteiger partial charge in [-0.2, -0.15) is 0 Å². The van der Waals surface area contributed by atoms with Crippen LogP contribution in [0, 0.1) is 0 Å². The van der Waals surface area contributed by atoms with Gasteiger partial charge >= 0.3 is 0 Å². The van der Waals surface area contributed by atoms with E-state index in [4.69, 9.17) is 4.98 Å². The van der Waals surface area contributed by atoms with Crippen LogP contribution in [-0.4, -0.2) is 18.7 Å². The Morgan fingerprint density at radius 1 is 0.333 bits per heavy atom. The normalized spacial score (nSPS) is 11.9. The molecule has 0 N–H and O–H groups in total. The third-order valence-electron chi connectivity index (χ3n) is 10.4. The van der Waals surface area contributed by atoms with Crippen molar-refractivity contribution in [1.29, 1.82) is 0 Å².